The van der Waals surface area contributed by atoms with Gasteiger partial charge in [0, 0.05) is 17.7 Å². The Bertz CT molecular complexity index is 514. The molecule has 18 heavy (non-hydrogen) atoms. The first-order valence-electron chi connectivity index (χ1n) is 5.43. The second-order valence-corrected chi connectivity index (χ2v) is 3.68. The highest BCUT2D eigenvalue weighted by Gasteiger charge is 2.14. The maximum absolute atomic E-state index is 12.3. The van der Waals surface area contributed by atoms with Gasteiger partial charge in [-0.1, -0.05) is 12.1 Å². The van der Waals surface area contributed by atoms with Crippen molar-refractivity contribution < 1.29 is 13.5 Å². The van der Waals surface area contributed by atoms with E-state index in [-0.39, 0.29) is 5.75 Å². The second kappa shape index (κ2) is 5.59. The molecule has 0 radical (unpaired) electrons. The van der Waals surface area contributed by atoms with Crippen molar-refractivity contribution in [1.82, 2.24) is 15.5 Å². The maximum atomic E-state index is 12.3. The van der Waals surface area contributed by atoms with Crippen molar-refractivity contribution in [3.63, 3.8) is 0 Å². The predicted molar refractivity (Wildman–Crippen MR) is 63.4 cm³/mol. The van der Waals surface area contributed by atoms with E-state index in [1.807, 2.05) is 0 Å². The number of aromatic amines is 1. The summed E-state index contributed by atoms with van der Waals surface area (Å²) >= 11 is 0. The minimum absolute atomic E-state index is 0.133. The van der Waals surface area contributed by atoms with Crippen LogP contribution < -0.4 is 10.1 Å². The number of ether oxygens (including phenoxy) is 1. The molecule has 1 heterocycles. The number of benzene rings is 1. The first kappa shape index (κ1) is 12.5. The van der Waals surface area contributed by atoms with E-state index in [1.54, 1.807) is 31.4 Å². The first-order chi connectivity index (χ1) is 8.72. The highest BCUT2D eigenvalue weighted by Crippen LogP contribution is 2.31. The smallest absolute Gasteiger partial charge is 0.387 e. The molecule has 1 aromatic heterocycles. The third-order valence-corrected chi connectivity index (χ3v) is 2.46. The molecule has 0 aliphatic heterocycles. The lowest BCUT2D eigenvalue weighted by Gasteiger charge is -2.10. The number of nitrogens with zero attached hydrogens (tertiary/aromatic N) is 1. The molecule has 2 rings (SSSR count). The van der Waals surface area contributed by atoms with E-state index in [0.29, 0.717) is 17.8 Å². The van der Waals surface area contributed by atoms with Gasteiger partial charge in [0.1, 0.15) is 5.75 Å². The number of halogens is 2. The Kier molecular flexibility index (Phi) is 3.88. The quantitative estimate of drug-likeness (QED) is 0.860. The number of para-hydroxylation sites is 1. The molecular weight excluding hydrogens is 240 g/mol. The fourth-order valence-electron chi connectivity index (χ4n) is 1.74. The molecule has 0 amide bonds. The van der Waals surface area contributed by atoms with Crippen LogP contribution in [-0.2, 0) is 6.54 Å². The number of hydrogen-bond acceptors (Lipinski definition) is 3. The second-order valence-electron chi connectivity index (χ2n) is 3.68. The number of nitrogens with one attached hydrogen (secondary N) is 2. The van der Waals surface area contributed by atoms with Crippen LogP contribution in [0.1, 0.15) is 5.56 Å². The normalized spacial score (nSPS) is 10.9. The minimum atomic E-state index is -2.85. The number of rotatable bonds is 5. The van der Waals surface area contributed by atoms with E-state index >= 15 is 0 Å². The van der Waals surface area contributed by atoms with Crippen molar-refractivity contribution in [1.29, 1.82) is 0 Å². The molecule has 0 aliphatic carbocycles. The monoisotopic (exact) mass is 253 g/mol. The van der Waals surface area contributed by atoms with Crippen LogP contribution in [0.25, 0.3) is 11.3 Å². The Balaban J connectivity index is 2.40. The lowest BCUT2D eigenvalue weighted by Crippen LogP contribution is -2.06. The Hall–Kier alpha value is -1.95. The summed E-state index contributed by atoms with van der Waals surface area (Å²) in [5.41, 5.74) is 2.14. The van der Waals surface area contributed by atoms with Crippen molar-refractivity contribution in [2.24, 2.45) is 0 Å². The van der Waals surface area contributed by atoms with Crippen LogP contribution in [0.15, 0.2) is 30.5 Å². The van der Waals surface area contributed by atoms with Crippen LogP contribution in [0.5, 0.6) is 5.75 Å². The molecular formula is C12H13F2N3O. The Morgan fingerprint density at radius 2 is 2.17 bits per heavy atom. The summed E-state index contributed by atoms with van der Waals surface area (Å²) in [6.45, 7) is -2.25. The maximum Gasteiger partial charge on any atom is 0.387 e. The van der Waals surface area contributed by atoms with Crippen molar-refractivity contribution in [2.45, 2.75) is 13.2 Å². The molecule has 0 atom stereocenters. The Morgan fingerprint density at radius 1 is 1.39 bits per heavy atom. The zero-order valence-electron chi connectivity index (χ0n) is 9.78. The van der Waals surface area contributed by atoms with Gasteiger partial charge in [0.25, 0.3) is 0 Å². The van der Waals surface area contributed by atoms with Gasteiger partial charge in [0.05, 0.1) is 11.9 Å². The molecule has 0 saturated carbocycles. The van der Waals surface area contributed by atoms with Crippen LogP contribution in [-0.4, -0.2) is 23.9 Å². The molecule has 0 saturated heterocycles. The van der Waals surface area contributed by atoms with Crippen molar-refractivity contribution >= 4 is 0 Å². The number of hydrogen-bond donors (Lipinski definition) is 2. The van der Waals surface area contributed by atoms with Gasteiger partial charge in [-0.2, -0.15) is 13.9 Å². The topological polar surface area (TPSA) is 49.9 Å². The fourth-order valence-corrected chi connectivity index (χ4v) is 1.74. The van der Waals surface area contributed by atoms with E-state index in [2.05, 4.69) is 20.3 Å². The molecule has 96 valence electrons. The summed E-state index contributed by atoms with van der Waals surface area (Å²) in [5, 5.41) is 9.73. The summed E-state index contributed by atoms with van der Waals surface area (Å²) in [5.74, 6) is 0.133. The fraction of sp³-hybridized carbons (Fsp3) is 0.250. The van der Waals surface area contributed by atoms with Crippen LogP contribution in [0.3, 0.4) is 0 Å². The van der Waals surface area contributed by atoms with Gasteiger partial charge in [0.2, 0.25) is 0 Å². The van der Waals surface area contributed by atoms with Crippen LogP contribution in [0.2, 0.25) is 0 Å². The van der Waals surface area contributed by atoms with Gasteiger partial charge in [-0.25, -0.2) is 0 Å². The average Bonchev–Trinajstić information content (AvgIpc) is 2.78. The van der Waals surface area contributed by atoms with Crippen LogP contribution in [0, 0.1) is 0 Å². The molecule has 0 fully saturated rings. The van der Waals surface area contributed by atoms with E-state index in [9.17, 15) is 8.78 Å². The molecule has 0 aliphatic rings. The van der Waals surface area contributed by atoms with E-state index < -0.39 is 6.61 Å². The van der Waals surface area contributed by atoms with Crippen LogP contribution >= 0.6 is 0 Å². The predicted octanol–water partition coefficient (Wildman–Crippen LogP) is 2.40. The van der Waals surface area contributed by atoms with Crippen molar-refractivity contribution in [2.75, 3.05) is 7.05 Å². The molecule has 1 aromatic carbocycles. The number of H-pyrrole nitrogens is 1. The summed E-state index contributed by atoms with van der Waals surface area (Å²) < 4.78 is 29.2. The van der Waals surface area contributed by atoms with Gasteiger partial charge in [-0.15, -0.1) is 0 Å². The molecule has 0 bridgehead atoms. The lowest BCUT2D eigenvalue weighted by atomic mass is 10.1. The Morgan fingerprint density at radius 3 is 2.89 bits per heavy atom. The third kappa shape index (κ3) is 2.65. The van der Waals surface area contributed by atoms with Gasteiger partial charge < -0.3 is 10.1 Å². The molecule has 2 N–H and O–H groups in total. The summed E-state index contributed by atoms with van der Waals surface area (Å²) in [6.07, 6.45) is 1.66. The standard InChI is InChI=1S/C12H13F2N3O/c1-15-6-8-7-16-17-11(8)9-4-2-3-5-10(9)18-12(13)14/h2-5,7,12,15H,6H2,1H3,(H,16,17). The molecule has 0 spiro atoms. The van der Waals surface area contributed by atoms with Crippen molar-refractivity contribution in [3.05, 3.63) is 36.0 Å². The van der Waals surface area contributed by atoms with E-state index in [4.69, 9.17) is 0 Å². The molecule has 0 unspecified atom stereocenters. The SMILES string of the molecule is CNCc1cn[nH]c1-c1ccccc1OC(F)F. The largest absolute Gasteiger partial charge is 0.434 e. The zero-order valence-corrected chi connectivity index (χ0v) is 9.78. The van der Waals surface area contributed by atoms with Gasteiger partial charge in [0.15, 0.2) is 0 Å². The van der Waals surface area contributed by atoms with Crippen molar-refractivity contribution in [3.8, 4) is 17.0 Å². The summed E-state index contributed by atoms with van der Waals surface area (Å²) in [4.78, 5) is 0. The number of aromatic nitrogens is 2. The summed E-state index contributed by atoms with van der Waals surface area (Å²) in [6, 6.07) is 6.63. The molecule has 2 aromatic rings. The zero-order chi connectivity index (χ0) is 13.0. The first-order valence-corrected chi connectivity index (χ1v) is 5.43. The molecule has 6 heteroatoms. The summed E-state index contributed by atoms with van der Waals surface area (Å²) in [7, 11) is 1.80. The Labute approximate surface area is 103 Å². The number of alkyl halides is 2. The van der Waals surface area contributed by atoms with Crippen LogP contribution in [0.4, 0.5) is 8.78 Å². The van der Waals surface area contributed by atoms with E-state index in [0.717, 1.165) is 5.56 Å². The van der Waals surface area contributed by atoms with Gasteiger partial charge in [-0.05, 0) is 19.2 Å². The third-order valence-electron chi connectivity index (χ3n) is 2.46. The van der Waals surface area contributed by atoms with Gasteiger partial charge in [-0.3, -0.25) is 5.10 Å². The minimum Gasteiger partial charge on any atom is -0.434 e. The lowest BCUT2D eigenvalue weighted by molar-refractivity contribution is -0.0494. The average molecular weight is 253 g/mol. The highest BCUT2D eigenvalue weighted by atomic mass is 19.3. The van der Waals surface area contributed by atoms with Gasteiger partial charge >= 0.3 is 6.61 Å². The van der Waals surface area contributed by atoms with E-state index in [1.165, 1.54) is 6.07 Å². The molecule has 4 nitrogen and oxygen atoms in total. The highest BCUT2D eigenvalue weighted by molar-refractivity contribution is 5.69.